The van der Waals surface area contributed by atoms with Crippen LogP contribution in [0.3, 0.4) is 0 Å². The Morgan fingerprint density at radius 3 is 2.73 bits per heavy atom. The van der Waals surface area contributed by atoms with E-state index in [0.29, 0.717) is 11.6 Å². The molecule has 0 aliphatic rings. The second-order valence-corrected chi connectivity index (χ2v) is 7.08. The van der Waals surface area contributed by atoms with E-state index in [1.54, 1.807) is 16.8 Å². The fourth-order valence-corrected chi connectivity index (χ4v) is 3.01. The van der Waals surface area contributed by atoms with Crippen LogP contribution in [0.2, 0.25) is 0 Å². The van der Waals surface area contributed by atoms with E-state index in [-0.39, 0.29) is 18.5 Å². The van der Waals surface area contributed by atoms with Crippen LogP contribution in [0.4, 0.5) is 5.69 Å². The van der Waals surface area contributed by atoms with Crippen molar-refractivity contribution < 1.29 is 17.9 Å². The molecule has 1 aromatic carbocycles. The van der Waals surface area contributed by atoms with Crippen molar-refractivity contribution in [2.45, 2.75) is 20.0 Å². The minimum Gasteiger partial charge on any atom is -0.473 e. The summed E-state index contributed by atoms with van der Waals surface area (Å²) < 4.78 is 38.5. The van der Waals surface area contributed by atoms with Crippen molar-refractivity contribution in [3.05, 3.63) is 18.2 Å². The normalized spacial score (nSPS) is 12.0. The predicted octanol–water partition coefficient (Wildman–Crippen LogP) is 1.75. The highest BCUT2D eigenvalue weighted by atomic mass is 32.2. The molecule has 1 heterocycles. The summed E-state index contributed by atoms with van der Waals surface area (Å²) in [6, 6.07) is 5.24. The number of aryl methyl sites for hydroxylation is 1. The van der Waals surface area contributed by atoms with Crippen LogP contribution in [-0.4, -0.2) is 43.8 Å². The van der Waals surface area contributed by atoms with Crippen molar-refractivity contribution >= 4 is 26.6 Å². The maximum Gasteiger partial charge on any atom is 0.241 e. The fraction of sp³-hybridized carbons (Fsp3) is 0.500. The van der Waals surface area contributed by atoms with Gasteiger partial charge in [0.05, 0.1) is 29.4 Å². The first-order chi connectivity index (χ1) is 10.3. The van der Waals surface area contributed by atoms with Gasteiger partial charge in [-0.25, -0.2) is 8.42 Å². The minimum atomic E-state index is -3.44. The molecule has 0 atom stereocenters. The van der Waals surface area contributed by atoms with Crippen molar-refractivity contribution in [1.82, 2.24) is 9.78 Å². The van der Waals surface area contributed by atoms with Crippen LogP contribution < -0.4 is 9.46 Å². The summed E-state index contributed by atoms with van der Waals surface area (Å²) in [7, 11) is -0.155. The third-order valence-corrected chi connectivity index (χ3v) is 4.24. The first-order valence-electron chi connectivity index (χ1n) is 6.95. The monoisotopic (exact) mass is 327 g/mol. The largest absolute Gasteiger partial charge is 0.473 e. The molecule has 0 spiro atoms. The molecule has 1 aromatic heterocycles. The Bertz CT molecular complexity index is 753. The number of aromatic nitrogens is 2. The highest BCUT2D eigenvalue weighted by Crippen LogP contribution is 2.28. The van der Waals surface area contributed by atoms with Crippen molar-refractivity contribution in [3.63, 3.8) is 0 Å². The van der Waals surface area contributed by atoms with Gasteiger partial charge < -0.3 is 9.47 Å². The molecule has 22 heavy (non-hydrogen) atoms. The van der Waals surface area contributed by atoms with E-state index in [9.17, 15) is 8.42 Å². The van der Waals surface area contributed by atoms with Crippen LogP contribution in [0.25, 0.3) is 10.9 Å². The van der Waals surface area contributed by atoms with Gasteiger partial charge in [0.1, 0.15) is 0 Å². The Morgan fingerprint density at radius 2 is 2.09 bits per heavy atom. The Hall–Kier alpha value is -1.80. The first-order valence-corrected chi connectivity index (χ1v) is 8.60. The van der Waals surface area contributed by atoms with Crippen LogP contribution in [0.15, 0.2) is 18.2 Å². The quantitative estimate of drug-likeness (QED) is 0.838. The predicted molar refractivity (Wildman–Crippen MR) is 85.8 cm³/mol. The fourth-order valence-electron chi connectivity index (χ4n) is 2.03. The molecule has 2 rings (SSSR count). The van der Waals surface area contributed by atoms with Crippen LogP contribution in [0, 0.1) is 0 Å². The van der Waals surface area contributed by atoms with E-state index in [1.807, 2.05) is 27.0 Å². The van der Waals surface area contributed by atoms with Gasteiger partial charge in [-0.1, -0.05) is 0 Å². The zero-order valence-electron chi connectivity index (χ0n) is 13.2. The van der Waals surface area contributed by atoms with Crippen LogP contribution in [-0.2, 0) is 21.8 Å². The standard InChI is InChI=1S/C14H21N3O4S/c1-10(2)21-14-12-9-11(5-6-13(12)17(3)15-14)16-22(18,19)8-7-20-4/h5-6,9-10,16H,7-8H2,1-4H3. The maximum atomic E-state index is 11.9. The van der Waals surface area contributed by atoms with E-state index < -0.39 is 10.0 Å². The third-order valence-electron chi connectivity index (χ3n) is 2.99. The number of rotatable bonds is 7. The van der Waals surface area contributed by atoms with E-state index in [4.69, 9.17) is 9.47 Å². The van der Waals surface area contributed by atoms with Gasteiger partial charge in [-0.05, 0) is 32.0 Å². The number of sulfonamides is 1. The summed E-state index contributed by atoms with van der Waals surface area (Å²) in [6.45, 7) is 3.97. The van der Waals surface area contributed by atoms with Gasteiger partial charge in [-0.2, -0.15) is 0 Å². The molecule has 0 unspecified atom stereocenters. The smallest absolute Gasteiger partial charge is 0.241 e. The van der Waals surface area contributed by atoms with Crippen molar-refractivity contribution in [3.8, 4) is 5.88 Å². The Labute approximate surface area is 130 Å². The van der Waals surface area contributed by atoms with Crippen LogP contribution >= 0.6 is 0 Å². The average Bonchev–Trinajstić information content (AvgIpc) is 2.72. The molecule has 0 amide bonds. The van der Waals surface area contributed by atoms with Gasteiger partial charge in [0.2, 0.25) is 15.9 Å². The molecular formula is C14H21N3O4S. The molecule has 0 aliphatic heterocycles. The molecule has 8 heteroatoms. The summed E-state index contributed by atoms with van der Waals surface area (Å²) in [5.41, 5.74) is 1.35. The van der Waals surface area contributed by atoms with Crippen LogP contribution in [0.5, 0.6) is 5.88 Å². The number of methoxy groups -OCH3 is 1. The molecular weight excluding hydrogens is 306 g/mol. The van der Waals surface area contributed by atoms with E-state index in [0.717, 1.165) is 10.9 Å². The molecule has 2 aromatic rings. The van der Waals surface area contributed by atoms with Gasteiger partial charge in [0, 0.05) is 19.8 Å². The Kier molecular flexibility index (Phi) is 4.92. The van der Waals surface area contributed by atoms with E-state index >= 15 is 0 Å². The maximum absolute atomic E-state index is 11.9. The molecule has 0 saturated carbocycles. The first kappa shape index (κ1) is 16.6. The third kappa shape index (κ3) is 3.89. The summed E-state index contributed by atoms with van der Waals surface area (Å²) in [4.78, 5) is 0. The zero-order valence-corrected chi connectivity index (χ0v) is 14.0. The number of hydrogen-bond acceptors (Lipinski definition) is 5. The molecule has 0 radical (unpaired) electrons. The lowest BCUT2D eigenvalue weighted by Gasteiger charge is -2.09. The Morgan fingerprint density at radius 1 is 1.36 bits per heavy atom. The second-order valence-electron chi connectivity index (χ2n) is 5.24. The molecule has 1 N–H and O–H groups in total. The molecule has 0 bridgehead atoms. The molecule has 0 fully saturated rings. The van der Waals surface area contributed by atoms with E-state index in [2.05, 4.69) is 9.82 Å². The number of fused-ring (bicyclic) bond motifs is 1. The molecule has 0 saturated heterocycles. The zero-order chi connectivity index (χ0) is 16.3. The topological polar surface area (TPSA) is 82.5 Å². The average molecular weight is 327 g/mol. The van der Waals surface area contributed by atoms with Crippen molar-refractivity contribution in [1.29, 1.82) is 0 Å². The summed E-state index contributed by atoms with van der Waals surface area (Å²) in [5.74, 6) is 0.398. The molecule has 0 aliphatic carbocycles. The van der Waals surface area contributed by atoms with Gasteiger partial charge in [0.15, 0.2) is 0 Å². The molecule has 122 valence electrons. The SMILES string of the molecule is COCCS(=O)(=O)Nc1ccc2c(c1)c(OC(C)C)nn2C. The van der Waals surface area contributed by atoms with E-state index in [1.165, 1.54) is 7.11 Å². The highest BCUT2D eigenvalue weighted by molar-refractivity contribution is 7.92. The lowest BCUT2D eigenvalue weighted by Crippen LogP contribution is -2.19. The van der Waals surface area contributed by atoms with Gasteiger partial charge in [-0.15, -0.1) is 5.10 Å². The van der Waals surface area contributed by atoms with Gasteiger partial charge in [-0.3, -0.25) is 9.40 Å². The number of ether oxygens (including phenoxy) is 2. The van der Waals surface area contributed by atoms with Crippen molar-refractivity contribution in [2.75, 3.05) is 24.2 Å². The number of anilines is 1. The van der Waals surface area contributed by atoms with Crippen molar-refractivity contribution in [2.24, 2.45) is 7.05 Å². The highest BCUT2D eigenvalue weighted by Gasteiger charge is 2.14. The second kappa shape index (κ2) is 6.53. The summed E-state index contributed by atoms with van der Waals surface area (Å²) >= 11 is 0. The number of hydrogen-bond donors (Lipinski definition) is 1. The van der Waals surface area contributed by atoms with Gasteiger partial charge >= 0.3 is 0 Å². The molecule has 7 nitrogen and oxygen atoms in total. The van der Waals surface area contributed by atoms with Crippen LogP contribution in [0.1, 0.15) is 13.8 Å². The summed E-state index contributed by atoms with van der Waals surface area (Å²) in [6.07, 6.45) is -0.0137. The number of nitrogens with one attached hydrogen (secondary N) is 1. The number of benzene rings is 1. The van der Waals surface area contributed by atoms with Gasteiger partial charge in [0.25, 0.3) is 0 Å². The Balaban J connectivity index is 2.33. The lowest BCUT2D eigenvalue weighted by atomic mass is 10.2. The lowest BCUT2D eigenvalue weighted by molar-refractivity contribution is 0.217. The minimum absolute atomic E-state index is 0.0137. The summed E-state index contributed by atoms with van der Waals surface area (Å²) in [5, 5.41) is 5.08. The number of nitrogens with zero attached hydrogens (tertiary/aromatic N) is 2.